The predicted octanol–water partition coefficient (Wildman–Crippen LogP) is 2.11. The third-order valence-electron chi connectivity index (χ3n) is 1.50. The molecule has 0 aliphatic carbocycles. The number of anilines is 1. The average Bonchev–Trinajstić information content (AvgIpc) is 2.03. The molecule has 6 heteroatoms. The van der Waals surface area contributed by atoms with Gasteiger partial charge in [0.15, 0.2) is 0 Å². The Morgan fingerprint density at radius 3 is 2.46 bits per heavy atom. The van der Waals surface area contributed by atoms with Gasteiger partial charge in [-0.3, -0.25) is 10.1 Å². The lowest BCUT2D eigenvalue weighted by atomic mass is 10.2. The van der Waals surface area contributed by atoms with E-state index in [-0.39, 0.29) is 16.9 Å². The van der Waals surface area contributed by atoms with Gasteiger partial charge in [0.25, 0.3) is 12.1 Å². The fourth-order valence-corrected chi connectivity index (χ4v) is 0.875. The van der Waals surface area contributed by atoms with Gasteiger partial charge in [-0.25, -0.2) is 8.78 Å². The molecule has 0 aliphatic heterocycles. The van der Waals surface area contributed by atoms with E-state index < -0.39 is 11.3 Å². The summed E-state index contributed by atoms with van der Waals surface area (Å²) in [6.07, 6.45) is -2.66. The zero-order valence-corrected chi connectivity index (χ0v) is 6.41. The van der Waals surface area contributed by atoms with Gasteiger partial charge in [-0.15, -0.1) is 0 Å². The molecular formula is C7H6F2N2O2. The summed E-state index contributed by atoms with van der Waals surface area (Å²) in [5.41, 5.74) is 4.26. The molecule has 1 aromatic rings. The number of nitro groups is 1. The predicted molar refractivity (Wildman–Crippen MR) is 42.5 cm³/mol. The quantitative estimate of drug-likeness (QED) is 0.439. The number of nitro benzene ring substituents is 1. The van der Waals surface area contributed by atoms with Crippen LogP contribution in [0.5, 0.6) is 0 Å². The van der Waals surface area contributed by atoms with Crippen LogP contribution in [0, 0.1) is 10.1 Å². The Labute approximate surface area is 72.1 Å². The molecule has 0 amide bonds. The molecule has 0 aliphatic rings. The Morgan fingerprint density at radius 1 is 1.46 bits per heavy atom. The molecule has 13 heavy (non-hydrogen) atoms. The van der Waals surface area contributed by atoms with Crippen molar-refractivity contribution < 1.29 is 13.7 Å². The van der Waals surface area contributed by atoms with Crippen molar-refractivity contribution in [3.05, 3.63) is 33.9 Å². The third-order valence-corrected chi connectivity index (χ3v) is 1.50. The summed E-state index contributed by atoms with van der Waals surface area (Å²) < 4.78 is 24.1. The third kappa shape index (κ3) is 1.90. The SMILES string of the molecule is Nc1cc(C(F)F)ccc1[N+](=O)[O-]. The van der Waals surface area contributed by atoms with Gasteiger partial charge in [0, 0.05) is 11.6 Å². The van der Waals surface area contributed by atoms with E-state index in [0.717, 1.165) is 18.2 Å². The van der Waals surface area contributed by atoms with Gasteiger partial charge < -0.3 is 5.73 Å². The van der Waals surface area contributed by atoms with Gasteiger partial charge in [-0.05, 0) is 12.1 Å². The summed E-state index contributed by atoms with van der Waals surface area (Å²) in [4.78, 5) is 9.52. The van der Waals surface area contributed by atoms with Gasteiger partial charge in [-0.1, -0.05) is 0 Å². The van der Waals surface area contributed by atoms with Crippen molar-refractivity contribution in [3.63, 3.8) is 0 Å². The second-order valence-corrected chi connectivity index (χ2v) is 2.38. The van der Waals surface area contributed by atoms with Crippen molar-refractivity contribution in [2.45, 2.75) is 6.43 Å². The number of alkyl halides is 2. The highest BCUT2D eigenvalue weighted by atomic mass is 19.3. The summed E-state index contributed by atoms with van der Waals surface area (Å²) in [5.74, 6) is 0. The second-order valence-electron chi connectivity index (χ2n) is 2.38. The molecule has 0 spiro atoms. The minimum absolute atomic E-state index is 0.247. The van der Waals surface area contributed by atoms with E-state index in [1.807, 2.05) is 0 Å². The van der Waals surface area contributed by atoms with Gasteiger partial charge in [0.05, 0.1) is 4.92 Å². The molecule has 0 atom stereocenters. The number of hydrogen-bond donors (Lipinski definition) is 1. The van der Waals surface area contributed by atoms with Crippen molar-refractivity contribution in [3.8, 4) is 0 Å². The topological polar surface area (TPSA) is 69.2 Å². The molecule has 1 aromatic carbocycles. The summed E-state index contributed by atoms with van der Waals surface area (Å²) in [6.45, 7) is 0. The summed E-state index contributed by atoms with van der Waals surface area (Å²) in [5, 5.41) is 10.2. The van der Waals surface area contributed by atoms with Crippen LogP contribution in [0.15, 0.2) is 18.2 Å². The van der Waals surface area contributed by atoms with Crippen LogP contribution in [0.4, 0.5) is 20.2 Å². The molecule has 0 saturated carbocycles. The molecular weight excluding hydrogens is 182 g/mol. The first-order chi connectivity index (χ1) is 6.02. The number of nitrogens with zero attached hydrogens (tertiary/aromatic N) is 1. The molecule has 0 aromatic heterocycles. The fourth-order valence-electron chi connectivity index (χ4n) is 0.875. The van der Waals surface area contributed by atoms with Gasteiger partial charge in [-0.2, -0.15) is 0 Å². The lowest BCUT2D eigenvalue weighted by molar-refractivity contribution is -0.383. The minimum atomic E-state index is -2.66. The Morgan fingerprint density at radius 2 is 2.08 bits per heavy atom. The van der Waals surface area contributed by atoms with E-state index in [9.17, 15) is 18.9 Å². The molecule has 4 nitrogen and oxygen atoms in total. The van der Waals surface area contributed by atoms with E-state index in [1.165, 1.54) is 0 Å². The maximum atomic E-state index is 12.1. The van der Waals surface area contributed by atoms with Gasteiger partial charge >= 0.3 is 0 Å². The molecule has 0 saturated heterocycles. The Balaban J connectivity index is 3.13. The number of benzene rings is 1. The molecule has 70 valence electrons. The van der Waals surface area contributed by atoms with Crippen LogP contribution < -0.4 is 5.73 Å². The average molecular weight is 188 g/mol. The lowest BCUT2D eigenvalue weighted by Crippen LogP contribution is -1.96. The van der Waals surface area contributed by atoms with Crippen molar-refractivity contribution in [2.75, 3.05) is 5.73 Å². The summed E-state index contributed by atoms with van der Waals surface area (Å²) in [6, 6.07) is 2.86. The second kappa shape index (κ2) is 3.34. The number of halogens is 2. The first kappa shape index (κ1) is 9.37. The van der Waals surface area contributed by atoms with Crippen LogP contribution in [0.25, 0.3) is 0 Å². The lowest BCUT2D eigenvalue weighted by Gasteiger charge is -2.00. The Bertz CT molecular complexity index is 341. The zero-order valence-electron chi connectivity index (χ0n) is 6.41. The summed E-state index contributed by atoms with van der Waals surface area (Å²) >= 11 is 0. The normalized spacial score (nSPS) is 10.4. The van der Waals surface area contributed by atoms with Crippen LogP contribution >= 0.6 is 0 Å². The highest BCUT2D eigenvalue weighted by Gasteiger charge is 2.14. The molecule has 0 unspecified atom stereocenters. The fraction of sp³-hybridized carbons (Fsp3) is 0.143. The summed E-state index contributed by atoms with van der Waals surface area (Å²) in [7, 11) is 0. The van der Waals surface area contributed by atoms with Crippen LogP contribution in [0.2, 0.25) is 0 Å². The van der Waals surface area contributed by atoms with E-state index in [4.69, 9.17) is 5.73 Å². The zero-order chi connectivity index (χ0) is 10.0. The molecule has 0 radical (unpaired) electrons. The molecule has 0 bridgehead atoms. The number of nitrogen functional groups attached to an aromatic ring is 1. The van der Waals surface area contributed by atoms with Gasteiger partial charge in [0.2, 0.25) is 0 Å². The molecule has 2 N–H and O–H groups in total. The van der Waals surface area contributed by atoms with Crippen molar-refractivity contribution in [1.82, 2.24) is 0 Å². The van der Waals surface area contributed by atoms with E-state index in [0.29, 0.717) is 0 Å². The first-order valence-corrected chi connectivity index (χ1v) is 3.34. The van der Waals surface area contributed by atoms with E-state index >= 15 is 0 Å². The van der Waals surface area contributed by atoms with E-state index in [1.54, 1.807) is 0 Å². The van der Waals surface area contributed by atoms with E-state index in [2.05, 4.69) is 0 Å². The highest BCUT2D eigenvalue weighted by molar-refractivity contribution is 5.59. The largest absolute Gasteiger partial charge is 0.393 e. The van der Waals surface area contributed by atoms with Crippen LogP contribution in [0.1, 0.15) is 12.0 Å². The van der Waals surface area contributed by atoms with Crippen molar-refractivity contribution in [2.24, 2.45) is 0 Å². The monoisotopic (exact) mass is 188 g/mol. The minimum Gasteiger partial charge on any atom is -0.393 e. The Kier molecular flexibility index (Phi) is 2.41. The maximum Gasteiger partial charge on any atom is 0.292 e. The van der Waals surface area contributed by atoms with Crippen molar-refractivity contribution >= 4 is 11.4 Å². The molecule has 1 rings (SSSR count). The van der Waals surface area contributed by atoms with Crippen LogP contribution in [0.3, 0.4) is 0 Å². The molecule has 0 heterocycles. The Hall–Kier alpha value is -1.72. The van der Waals surface area contributed by atoms with Crippen LogP contribution in [-0.2, 0) is 0 Å². The number of nitrogens with two attached hydrogens (primary N) is 1. The number of hydrogen-bond acceptors (Lipinski definition) is 3. The number of rotatable bonds is 2. The smallest absolute Gasteiger partial charge is 0.292 e. The molecule has 0 fully saturated rings. The standard InChI is InChI=1S/C7H6F2N2O2/c8-7(9)4-1-2-6(11(12)13)5(10)3-4/h1-3,7H,10H2. The highest BCUT2D eigenvalue weighted by Crippen LogP contribution is 2.27. The van der Waals surface area contributed by atoms with Gasteiger partial charge in [0.1, 0.15) is 5.69 Å². The van der Waals surface area contributed by atoms with Crippen molar-refractivity contribution in [1.29, 1.82) is 0 Å². The maximum absolute atomic E-state index is 12.1. The first-order valence-electron chi connectivity index (χ1n) is 3.34. The van der Waals surface area contributed by atoms with Crippen LogP contribution in [-0.4, -0.2) is 4.92 Å².